The summed E-state index contributed by atoms with van der Waals surface area (Å²) in [4.78, 5) is 2.81. The van der Waals surface area contributed by atoms with Crippen LogP contribution in [0.1, 0.15) is 78.1 Å². The zero-order valence-corrected chi connectivity index (χ0v) is 16.9. The summed E-state index contributed by atoms with van der Waals surface area (Å²) in [6.45, 7) is 10.4. The lowest BCUT2D eigenvalue weighted by molar-refractivity contribution is 0.0119. The van der Waals surface area contributed by atoms with Gasteiger partial charge in [-0.1, -0.05) is 39.5 Å². The molecule has 0 spiro atoms. The Balaban J connectivity index is 1.61. The molecule has 2 saturated carbocycles. The van der Waals surface area contributed by atoms with E-state index in [-0.39, 0.29) is 0 Å². The molecule has 128 valence electrons. The highest BCUT2D eigenvalue weighted by Crippen LogP contribution is 2.55. The SMILES string of the molecule is CC1(C2(C)CCCC(N3CCN(I)CC3)CC2)CCCCC1. The molecule has 0 aromatic heterocycles. The third kappa shape index (κ3) is 3.66. The van der Waals surface area contributed by atoms with Gasteiger partial charge in [-0.2, -0.15) is 0 Å². The minimum Gasteiger partial charge on any atom is -0.298 e. The van der Waals surface area contributed by atoms with Gasteiger partial charge in [-0.05, 0) is 49.4 Å². The van der Waals surface area contributed by atoms with Crippen molar-refractivity contribution < 1.29 is 0 Å². The van der Waals surface area contributed by atoms with Gasteiger partial charge in [0.05, 0.1) is 0 Å². The smallest absolute Gasteiger partial charge is 0.0209 e. The van der Waals surface area contributed by atoms with E-state index in [1.807, 2.05) is 0 Å². The fraction of sp³-hybridized carbons (Fsp3) is 1.00. The molecule has 1 saturated heterocycles. The molecule has 2 unspecified atom stereocenters. The average molecular weight is 418 g/mol. The molecule has 3 rings (SSSR count). The standard InChI is InChI=1S/C19H35IN2/c1-18(9-4-3-5-10-18)19(2)11-6-7-17(8-12-19)21-13-15-22(20)16-14-21/h17H,3-16H2,1-2H3. The normalized spacial score (nSPS) is 38.6. The van der Waals surface area contributed by atoms with E-state index in [1.165, 1.54) is 90.4 Å². The van der Waals surface area contributed by atoms with Crippen molar-refractivity contribution >= 4 is 22.9 Å². The van der Waals surface area contributed by atoms with Gasteiger partial charge >= 0.3 is 0 Å². The van der Waals surface area contributed by atoms with Crippen LogP contribution in [0.15, 0.2) is 0 Å². The quantitative estimate of drug-likeness (QED) is 0.343. The predicted octanol–water partition coefficient (Wildman–Crippen LogP) is 5.26. The second-order valence-electron chi connectivity index (χ2n) is 8.71. The molecule has 0 amide bonds. The Kier molecular flexibility index (Phi) is 5.77. The monoisotopic (exact) mass is 418 g/mol. The summed E-state index contributed by atoms with van der Waals surface area (Å²) >= 11 is 2.49. The zero-order chi connectivity index (χ0) is 15.6. The molecule has 1 aliphatic heterocycles. The maximum Gasteiger partial charge on any atom is 0.0209 e. The van der Waals surface area contributed by atoms with Crippen molar-refractivity contribution in [3.05, 3.63) is 0 Å². The van der Waals surface area contributed by atoms with Gasteiger partial charge in [0.25, 0.3) is 0 Å². The molecule has 3 heteroatoms. The first kappa shape index (κ1) is 17.5. The van der Waals surface area contributed by atoms with Crippen LogP contribution in [-0.4, -0.2) is 40.2 Å². The van der Waals surface area contributed by atoms with Crippen LogP contribution in [0.3, 0.4) is 0 Å². The summed E-state index contributed by atoms with van der Waals surface area (Å²) in [5.41, 5.74) is 1.23. The fourth-order valence-corrected chi connectivity index (χ4v) is 5.88. The van der Waals surface area contributed by atoms with Crippen LogP contribution in [0.2, 0.25) is 0 Å². The molecule has 0 N–H and O–H groups in total. The van der Waals surface area contributed by atoms with E-state index in [2.05, 4.69) is 44.7 Å². The van der Waals surface area contributed by atoms with Gasteiger partial charge in [-0.25, -0.2) is 3.11 Å². The molecule has 2 nitrogen and oxygen atoms in total. The molecule has 3 fully saturated rings. The summed E-state index contributed by atoms with van der Waals surface area (Å²) < 4.78 is 2.46. The number of halogens is 1. The molecule has 1 heterocycles. The lowest BCUT2D eigenvalue weighted by Gasteiger charge is -2.49. The molecule has 2 atom stereocenters. The van der Waals surface area contributed by atoms with Crippen molar-refractivity contribution in [2.75, 3.05) is 26.2 Å². The van der Waals surface area contributed by atoms with Crippen molar-refractivity contribution in [3.8, 4) is 0 Å². The Bertz CT molecular complexity index is 358. The van der Waals surface area contributed by atoms with E-state index < -0.39 is 0 Å². The van der Waals surface area contributed by atoms with Gasteiger partial charge in [-0.3, -0.25) is 4.90 Å². The van der Waals surface area contributed by atoms with E-state index >= 15 is 0 Å². The lowest BCUT2D eigenvalue weighted by atomic mass is 9.56. The first-order chi connectivity index (χ1) is 10.5. The summed E-state index contributed by atoms with van der Waals surface area (Å²) in [7, 11) is 0. The third-order valence-corrected chi connectivity index (χ3v) is 8.45. The molecular formula is C19H35IN2. The molecule has 2 aliphatic carbocycles. The van der Waals surface area contributed by atoms with Gasteiger partial charge in [0, 0.05) is 55.1 Å². The molecule has 3 aliphatic rings. The van der Waals surface area contributed by atoms with Gasteiger partial charge < -0.3 is 0 Å². The van der Waals surface area contributed by atoms with Crippen LogP contribution >= 0.6 is 22.9 Å². The summed E-state index contributed by atoms with van der Waals surface area (Å²) in [6.07, 6.45) is 14.7. The fourth-order valence-electron chi connectivity index (χ4n) is 5.45. The maximum absolute atomic E-state index is 2.81. The molecule has 0 aromatic rings. The molecule has 22 heavy (non-hydrogen) atoms. The number of nitrogens with zero attached hydrogens (tertiary/aromatic N) is 2. The first-order valence-electron chi connectivity index (χ1n) is 9.67. The largest absolute Gasteiger partial charge is 0.298 e. The Morgan fingerprint density at radius 3 is 2.00 bits per heavy atom. The highest BCUT2D eigenvalue weighted by atomic mass is 127. The van der Waals surface area contributed by atoms with E-state index in [0.717, 1.165) is 6.04 Å². The highest BCUT2D eigenvalue weighted by molar-refractivity contribution is 14.1. The summed E-state index contributed by atoms with van der Waals surface area (Å²) in [6, 6.07) is 0.874. The molecule has 0 bridgehead atoms. The van der Waals surface area contributed by atoms with Crippen LogP contribution in [0.25, 0.3) is 0 Å². The van der Waals surface area contributed by atoms with Crippen molar-refractivity contribution in [1.82, 2.24) is 8.01 Å². The Morgan fingerprint density at radius 1 is 0.727 bits per heavy atom. The van der Waals surface area contributed by atoms with Crippen molar-refractivity contribution in [3.63, 3.8) is 0 Å². The Hall–Kier alpha value is 0.650. The number of hydrogen-bond donors (Lipinski definition) is 0. The van der Waals surface area contributed by atoms with Crippen molar-refractivity contribution in [2.24, 2.45) is 10.8 Å². The maximum atomic E-state index is 2.81. The lowest BCUT2D eigenvalue weighted by Crippen LogP contribution is -2.47. The molecule has 0 radical (unpaired) electrons. The second kappa shape index (κ2) is 7.26. The van der Waals surface area contributed by atoms with Gasteiger partial charge in [0.15, 0.2) is 0 Å². The van der Waals surface area contributed by atoms with Crippen molar-refractivity contribution in [2.45, 2.75) is 84.1 Å². The molecular weight excluding hydrogens is 383 g/mol. The van der Waals surface area contributed by atoms with Crippen molar-refractivity contribution in [1.29, 1.82) is 0 Å². The van der Waals surface area contributed by atoms with E-state index in [1.54, 1.807) is 0 Å². The van der Waals surface area contributed by atoms with Gasteiger partial charge in [0.2, 0.25) is 0 Å². The van der Waals surface area contributed by atoms with Crippen LogP contribution in [0.5, 0.6) is 0 Å². The van der Waals surface area contributed by atoms with E-state index in [4.69, 9.17) is 0 Å². The van der Waals surface area contributed by atoms with E-state index in [9.17, 15) is 0 Å². The Morgan fingerprint density at radius 2 is 1.32 bits per heavy atom. The average Bonchev–Trinajstić information content (AvgIpc) is 2.72. The first-order valence-corrected chi connectivity index (χ1v) is 10.6. The molecule has 0 aromatic carbocycles. The van der Waals surface area contributed by atoms with Crippen LogP contribution in [0.4, 0.5) is 0 Å². The van der Waals surface area contributed by atoms with E-state index in [0.29, 0.717) is 10.8 Å². The zero-order valence-electron chi connectivity index (χ0n) is 14.7. The van der Waals surface area contributed by atoms with Gasteiger partial charge in [-0.15, -0.1) is 0 Å². The topological polar surface area (TPSA) is 6.48 Å². The highest BCUT2D eigenvalue weighted by Gasteiger charge is 2.45. The number of rotatable bonds is 2. The summed E-state index contributed by atoms with van der Waals surface area (Å²) in [5, 5.41) is 0. The number of hydrogen-bond acceptors (Lipinski definition) is 2. The second-order valence-corrected chi connectivity index (χ2v) is 10.1. The van der Waals surface area contributed by atoms with Crippen LogP contribution < -0.4 is 0 Å². The van der Waals surface area contributed by atoms with Gasteiger partial charge in [0.1, 0.15) is 0 Å². The summed E-state index contributed by atoms with van der Waals surface area (Å²) in [5.74, 6) is 0. The predicted molar refractivity (Wildman–Crippen MR) is 103 cm³/mol. The minimum atomic E-state index is 0.604. The third-order valence-electron chi connectivity index (χ3n) is 7.49. The Labute approximate surface area is 151 Å². The van der Waals surface area contributed by atoms with Crippen LogP contribution in [0, 0.1) is 10.8 Å². The minimum absolute atomic E-state index is 0.604. The number of piperazine rings is 1. The van der Waals surface area contributed by atoms with Crippen LogP contribution in [-0.2, 0) is 0 Å².